The summed E-state index contributed by atoms with van der Waals surface area (Å²) < 4.78 is 33.5. The molecule has 1 N–H and O–H groups in total. The van der Waals surface area contributed by atoms with Crippen LogP contribution in [0, 0.1) is 0 Å². The molecule has 0 atom stereocenters. The molecule has 0 aliphatic heterocycles. The summed E-state index contributed by atoms with van der Waals surface area (Å²) in [5.41, 5.74) is 0.929. The maximum atomic E-state index is 12.1. The second-order valence-electron chi connectivity index (χ2n) is 4.74. The van der Waals surface area contributed by atoms with Crippen LogP contribution in [0.15, 0.2) is 54.6 Å². The van der Waals surface area contributed by atoms with Crippen molar-refractivity contribution in [2.45, 2.75) is 13.2 Å². The van der Waals surface area contributed by atoms with Crippen molar-refractivity contribution in [3.63, 3.8) is 0 Å². The van der Waals surface area contributed by atoms with Gasteiger partial charge in [-0.05, 0) is 23.8 Å². The quantitative estimate of drug-likeness (QED) is 0.790. The van der Waals surface area contributed by atoms with Gasteiger partial charge in [-0.2, -0.15) is 8.78 Å². The van der Waals surface area contributed by atoms with Gasteiger partial charge >= 0.3 is 12.6 Å². The van der Waals surface area contributed by atoms with Gasteiger partial charge in [0.05, 0.1) is 0 Å². The zero-order valence-corrected chi connectivity index (χ0v) is 12.6. The van der Waals surface area contributed by atoms with E-state index in [2.05, 4.69) is 10.1 Å². The molecule has 0 heterocycles. The number of carbonyl (C=O) groups is 2. The minimum Gasteiger partial charge on any atom is -0.460 e. The van der Waals surface area contributed by atoms with E-state index in [9.17, 15) is 18.4 Å². The molecule has 0 spiro atoms. The fraction of sp³-hybridized carbons (Fsp3) is 0.176. The lowest BCUT2D eigenvalue weighted by Crippen LogP contribution is -2.30. The van der Waals surface area contributed by atoms with Gasteiger partial charge in [-0.1, -0.05) is 36.4 Å². The van der Waals surface area contributed by atoms with Gasteiger partial charge in [-0.3, -0.25) is 9.59 Å². The molecule has 0 bridgehead atoms. The highest BCUT2D eigenvalue weighted by Gasteiger charge is 2.11. The average Bonchev–Trinajstić information content (AvgIpc) is 2.58. The number of ether oxygens (including phenoxy) is 2. The summed E-state index contributed by atoms with van der Waals surface area (Å²) in [6, 6.07) is 14.4. The third-order valence-corrected chi connectivity index (χ3v) is 2.96. The molecule has 7 heteroatoms. The van der Waals surface area contributed by atoms with Crippen molar-refractivity contribution in [2.24, 2.45) is 0 Å². The van der Waals surface area contributed by atoms with E-state index in [1.54, 1.807) is 12.1 Å². The van der Waals surface area contributed by atoms with E-state index in [1.165, 1.54) is 18.2 Å². The van der Waals surface area contributed by atoms with E-state index in [4.69, 9.17) is 4.74 Å². The van der Waals surface area contributed by atoms with E-state index >= 15 is 0 Å². The molecule has 0 aliphatic carbocycles. The first-order valence-corrected chi connectivity index (χ1v) is 7.07. The van der Waals surface area contributed by atoms with Crippen molar-refractivity contribution < 1.29 is 27.8 Å². The summed E-state index contributed by atoms with van der Waals surface area (Å²) in [4.78, 5) is 23.5. The van der Waals surface area contributed by atoms with Crippen molar-refractivity contribution in [3.8, 4) is 5.75 Å². The molecule has 1 amide bonds. The third kappa shape index (κ3) is 5.68. The van der Waals surface area contributed by atoms with Gasteiger partial charge in [0.2, 0.25) is 0 Å². The van der Waals surface area contributed by atoms with Gasteiger partial charge in [-0.15, -0.1) is 0 Å². The Kier molecular flexibility index (Phi) is 6.24. The highest BCUT2D eigenvalue weighted by Crippen LogP contribution is 2.15. The van der Waals surface area contributed by atoms with Crippen molar-refractivity contribution in [1.82, 2.24) is 5.32 Å². The summed E-state index contributed by atoms with van der Waals surface area (Å²) >= 11 is 0. The van der Waals surface area contributed by atoms with Crippen LogP contribution in [0.5, 0.6) is 5.75 Å². The average molecular weight is 335 g/mol. The first-order chi connectivity index (χ1) is 11.5. The van der Waals surface area contributed by atoms with Crippen LogP contribution in [0.2, 0.25) is 0 Å². The topological polar surface area (TPSA) is 64.6 Å². The third-order valence-electron chi connectivity index (χ3n) is 2.96. The van der Waals surface area contributed by atoms with Crippen LogP contribution < -0.4 is 10.1 Å². The zero-order valence-electron chi connectivity index (χ0n) is 12.6. The molecule has 126 valence electrons. The monoisotopic (exact) mass is 335 g/mol. The number of rotatable bonds is 7. The largest absolute Gasteiger partial charge is 0.460 e. The molecule has 0 aromatic heterocycles. The number of alkyl halides is 2. The number of nitrogens with one attached hydrogen (secondary N) is 1. The number of hydrogen-bond donors (Lipinski definition) is 1. The summed E-state index contributed by atoms with van der Waals surface area (Å²) in [7, 11) is 0. The Hall–Kier alpha value is -2.96. The van der Waals surface area contributed by atoms with Crippen molar-refractivity contribution >= 4 is 11.9 Å². The molecule has 2 rings (SSSR count). The second-order valence-corrected chi connectivity index (χ2v) is 4.74. The highest BCUT2D eigenvalue weighted by molar-refractivity contribution is 5.96. The summed E-state index contributed by atoms with van der Waals surface area (Å²) in [6.45, 7) is -3.20. The highest BCUT2D eigenvalue weighted by atomic mass is 19.3. The lowest BCUT2D eigenvalue weighted by atomic mass is 10.2. The summed E-state index contributed by atoms with van der Waals surface area (Å²) in [5.74, 6) is -1.33. The van der Waals surface area contributed by atoms with Gasteiger partial charge < -0.3 is 14.8 Å². The molecule has 0 saturated heterocycles. The van der Waals surface area contributed by atoms with E-state index in [1.807, 2.05) is 18.2 Å². The van der Waals surface area contributed by atoms with Crippen LogP contribution in [0.3, 0.4) is 0 Å². The SMILES string of the molecule is O=C(CNC(=O)c1cccc(OC(F)F)c1)OCc1ccccc1. The van der Waals surface area contributed by atoms with Crippen LogP contribution in [-0.2, 0) is 16.1 Å². The normalized spacial score (nSPS) is 10.3. The number of carbonyl (C=O) groups excluding carboxylic acids is 2. The fourth-order valence-corrected chi connectivity index (χ4v) is 1.86. The lowest BCUT2D eigenvalue weighted by Gasteiger charge is -2.08. The lowest BCUT2D eigenvalue weighted by molar-refractivity contribution is -0.143. The predicted molar refractivity (Wildman–Crippen MR) is 81.6 cm³/mol. The number of benzene rings is 2. The van der Waals surface area contributed by atoms with Crippen molar-refractivity contribution in [1.29, 1.82) is 0 Å². The first kappa shape index (κ1) is 17.4. The maximum absolute atomic E-state index is 12.1. The molecule has 0 fully saturated rings. The second kappa shape index (κ2) is 8.61. The van der Waals surface area contributed by atoms with Crippen LogP contribution in [0.1, 0.15) is 15.9 Å². The van der Waals surface area contributed by atoms with Crippen LogP contribution in [0.4, 0.5) is 8.78 Å². The van der Waals surface area contributed by atoms with Gasteiger partial charge in [0.1, 0.15) is 18.9 Å². The van der Waals surface area contributed by atoms with E-state index in [0.29, 0.717) is 0 Å². The number of halogens is 2. The number of esters is 1. The van der Waals surface area contributed by atoms with Crippen molar-refractivity contribution in [3.05, 3.63) is 65.7 Å². The molecule has 2 aromatic carbocycles. The van der Waals surface area contributed by atoms with E-state index < -0.39 is 18.5 Å². The Morgan fingerprint density at radius 1 is 1.04 bits per heavy atom. The maximum Gasteiger partial charge on any atom is 0.387 e. The molecular formula is C17H15F2NO4. The van der Waals surface area contributed by atoms with Crippen LogP contribution >= 0.6 is 0 Å². The molecule has 5 nitrogen and oxygen atoms in total. The van der Waals surface area contributed by atoms with Gasteiger partial charge in [-0.25, -0.2) is 0 Å². The van der Waals surface area contributed by atoms with Crippen LogP contribution in [-0.4, -0.2) is 25.0 Å². The minimum absolute atomic E-state index is 0.101. The Labute approximate surface area is 137 Å². The molecular weight excluding hydrogens is 320 g/mol. The van der Waals surface area contributed by atoms with Gasteiger partial charge in [0.25, 0.3) is 5.91 Å². The smallest absolute Gasteiger partial charge is 0.387 e. The van der Waals surface area contributed by atoms with Gasteiger partial charge in [0.15, 0.2) is 0 Å². The molecule has 0 radical (unpaired) electrons. The molecule has 0 aliphatic rings. The van der Waals surface area contributed by atoms with E-state index in [0.717, 1.165) is 11.6 Å². The Bertz CT molecular complexity index is 692. The zero-order chi connectivity index (χ0) is 17.4. The van der Waals surface area contributed by atoms with E-state index in [-0.39, 0.29) is 24.5 Å². The summed E-state index contributed by atoms with van der Waals surface area (Å²) in [6.07, 6.45) is 0. The number of hydrogen-bond acceptors (Lipinski definition) is 4. The summed E-state index contributed by atoms with van der Waals surface area (Å²) in [5, 5.41) is 2.36. The predicted octanol–water partition coefficient (Wildman–Crippen LogP) is 2.76. The first-order valence-electron chi connectivity index (χ1n) is 7.07. The Morgan fingerprint density at radius 3 is 2.50 bits per heavy atom. The molecule has 0 saturated carbocycles. The molecule has 2 aromatic rings. The van der Waals surface area contributed by atoms with Crippen LogP contribution in [0.25, 0.3) is 0 Å². The number of amides is 1. The molecule has 0 unspecified atom stereocenters. The molecule has 24 heavy (non-hydrogen) atoms. The Morgan fingerprint density at radius 2 is 1.79 bits per heavy atom. The minimum atomic E-state index is -2.98. The Balaban J connectivity index is 1.81. The fourth-order valence-electron chi connectivity index (χ4n) is 1.86. The van der Waals surface area contributed by atoms with Gasteiger partial charge in [0, 0.05) is 5.56 Å². The standard InChI is InChI=1S/C17H15F2NO4/c18-17(19)24-14-8-4-7-13(9-14)16(22)20-10-15(21)23-11-12-5-2-1-3-6-12/h1-9,17H,10-11H2,(H,20,22). The van der Waals surface area contributed by atoms with Crippen molar-refractivity contribution in [2.75, 3.05) is 6.54 Å².